The Morgan fingerprint density at radius 2 is 1.88 bits per heavy atom. The molecule has 1 aliphatic rings. The van der Waals surface area contributed by atoms with Gasteiger partial charge in [0, 0.05) is 24.2 Å². The summed E-state index contributed by atoms with van der Waals surface area (Å²) in [5, 5.41) is 5.84. The summed E-state index contributed by atoms with van der Waals surface area (Å²) >= 11 is 0.704. The van der Waals surface area contributed by atoms with Gasteiger partial charge in [-0.25, -0.2) is 13.8 Å². The van der Waals surface area contributed by atoms with Crippen molar-refractivity contribution >= 4 is 34.9 Å². The first kappa shape index (κ1) is 23.2. The summed E-state index contributed by atoms with van der Waals surface area (Å²) in [6, 6.07) is 13.1. The summed E-state index contributed by atoms with van der Waals surface area (Å²) in [5.41, 5.74) is 1.71. The molecule has 1 aliphatic heterocycles. The third-order valence-corrected chi connectivity index (χ3v) is 6.00. The normalized spacial score (nSPS) is 14.8. The van der Waals surface area contributed by atoms with E-state index in [4.69, 9.17) is 4.52 Å². The second-order valence-corrected chi connectivity index (χ2v) is 8.37. The molecule has 1 fully saturated rings. The first-order chi connectivity index (χ1) is 16.3. The minimum Gasteiger partial charge on any atom is -0.353 e. The Kier molecular flexibility index (Phi) is 6.73. The zero-order valence-electron chi connectivity index (χ0n) is 18.0. The van der Waals surface area contributed by atoms with Crippen LogP contribution in [-0.2, 0) is 16.1 Å². The van der Waals surface area contributed by atoms with Crippen LogP contribution in [0.25, 0.3) is 17.5 Å². The van der Waals surface area contributed by atoms with E-state index in [9.17, 15) is 23.6 Å². The van der Waals surface area contributed by atoms with Crippen LogP contribution in [0.15, 0.2) is 62.8 Å². The molecule has 0 atom stereocenters. The van der Waals surface area contributed by atoms with E-state index < -0.39 is 28.6 Å². The van der Waals surface area contributed by atoms with Crippen molar-refractivity contribution < 1.29 is 23.3 Å². The summed E-state index contributed by atoms with van der Waals surface area (Å²) < 4.78 is 19.7. The fourth-order valence-corrected chi connectivity index (χ4v) is 4.21. The van der Waals surface area contributed by atoms with Gasteiger partial charge in [-0.05, 0) is 36.4 Å². The number of aryl methyl sites for hydroxylation is 1. The first-order valence-corrected chi connectivity index (χ1v) is 11.1. The van der Waals surface area contributed by atoms with Gasteiger partial charge in [-0.3, -0.25) is 23.8 Å². The number of rotatable bonds is 7. The van der Waals surface area contributed by atoms with Crippen LogP contribution in [0, 0.1) is 12.7 Å². The number of amides is 3. The Morgan fingerprint density at radius 3 is 2.65 bits per heavy atom. The molecule has 1 N–H and O–H groups in total. The van der Waals surface area contributed by atoms with E-state index in [0.717, 1.165) is 15.0 Å². The minimum atomic E-state index is -0.780. The molecule has 3 aromatic rings. The quantitative estimate of drug-likeness (QED) is 0.515. The summed E-state index contributed by atoms with van der Waals surface area (Å²) in [4.78, 5) is 50.3. The lowest BCUT2D eigenvalue weighted by Crippen LogP contribution is -2.39. The molecule has 11 heteroatoms. The van der Waals surface area contributed by atoms with E-state index in [1.807, 2.05) is 19.1 Å². The van der Waals surface area contributed by atoms with Crippen molar-refractivity contribution in [2.75, 3.05) is 13.1 Å². The molecule has 34 heavy (non-hydrogen) atoms. The molecule has 0 saturated carbocycles. The molecule has 3 amide bonds. The standard InChI is InChI=1S/C23H19FN4O5S/c1-14-6-2-4-8-16(14)20-26-33-22(31)28(20)13-19(29)25-10-11-27-21(30)18(34-23(27)32)12-15-7-3-5-9-17(15)24/h2-9,12H,10-11,13H2,1H3,(H,25,29)/b18-12-. The van der Waals surface area contributed by atoms with Gasteiger partial charge in [-0.15, -0.1) is 0 Å². The largest absolute Gasteiger partial charge is 0.442 e. The zero-order chi connectivity index (χ0) is 24.2. The number of halogens is 1. The number of hydrogen-bond donors (Lipinski definition) is 1. The van der Waals surface area contributed by atoms with Gasteiger partial charge in [0.15, 0.2) is 5.82 Å². The Morgan fingerprint density at radius 1 is 1.15 bits per heavy atom. The van der Waals surface area contributed by atoms with Crippen molar-refractivity contribution in [3.63, 3.8) is 0 Å². The van der Waals surface area contributed by atoms with Crippen LogP contribution in [0.2, 0.25) is 0 Å². The van der Waals surface area contributed by atoms with Gasteiger partial charge >= 0.3 is 5.76 Å². The van der Waals surface area contributed by atoms with E-state index in [1.165, 1.54) is 24.3 Å². The van der Waals surface area contributed by atoms with Gasteiger partial charge in [0.05, 0.1) is 4.91 Å². The lowest BCUT2D eigenvalue weighted by molar-refractivity contribution is -0.124. The third-order valence-electron chi connectivity index (χ3n) is 5.10. The second-order valence-electron chi connectivity index (χ2n) is 7.38. The van der Waals surface area contributed by atoms with Crippen molar-refractivity contribution in [2.45, 2.75) is 13.5 Å². The maximum absolute atomic E-state index is 13.9. The highest BCUT2D eigenvalue weighted by atomic mass is 32.2. The van der Waals surface area contributed by atoms with Gasteiger partial charge < -0.3 is 5.32 Å². The average molecular weight is 482 g/mol. The highest BCUT2D eigenvalue weighted by Crippen LogP contribution is 2.32. The average Bonchev–Trinajstić information content (AvgIpc) is 3.29. The number of nitrogens with one attached hydrogen (secondary N) is 1. The van der Waals surface area contributed by atoms with E-state index in [2.05, 4.69) is 10.5 Å². The predicted octanol–water partition coefficient (Wildman–Crippen LogP) is 2.80. The molecule has 0 radical (unpaired) electrons. The molecule has 0 unspecified atom stereocenters. The van der Waals surface area contributed by atoms with E-state index in [1.54, 1.807) is 18.2 Å². The van der Waals surface area contributed by atoms with E-state index in [-0.39, 0.29) is 35.9 Å². The Labute approximate surface area is 197 Å². The van der Waals surface area contributed by atoms with Gasteiger partial charge in [0.2, 0.25) is 5.91 Å². The fourth-order valence-electron chi connectivity index (χ4n) is 3.36. The lowest BCUT2D eigenvalue weighted by Gasteiger charge is -2.13. The Hall–Kier alpha value is -3.99. The van der Waals surface area contributed by atoms with Crippen molar-refractivity contribution in [2.24, 2.45) is 0 Å². The smallest absolute Gasteiger partial charge is 0.353 e. The maximum atomic E-state index is 13.9. The van der Waals surface area contributed by atoms with Crippen molar-refractivity contribution in [3.05, 3.63) is 80.9 Å². The van der Waals surface area contributed by atoms with Crippen molar-refractivity contribution in [1.29, 1.82) is 0 Å². The van der Waals surface area contributed by atoms with Crippen LogP contribution in [0.5, 0.6) is 0 Å². The minimum absolute atomic E-state index is 0.0242. The molecule has 1 aromatic heterocycles. The topological polar surface area (TPSA) is 115 Å². The van der Waals surface area contributed by atoms with Crippen molar-refractivity contribution in [1.82, 2.24) is 19.9 Å². The van der Waals surface area contributed by atoms with Gasteiger partial charge in [-0.2, -0.15) is 0 Å². The molecule has 174 valence electrons. The van der Waals surface area contributed by atoms with Crippen LogP contribution in [0.3, 0.4) is 0 Å². The summed E-state index contributed by atoms with van der Waals surface area (Å²) in [6.45, 7) is 1.40. The fraction of sp³-hybridized carbons (Fsp3) is 0.174. The van der Waals surface area contributed by atoms with Gasteiger partial charge in [0.25, 0.3) is 11.1 Å². The first-order valence-electron chi connectivity index (χ1n) is 10.2. The number of imide groups is 1. The van der Waals surface area contributed by atoms with Gasteiger partial charge in [-0.1, -0.05) is 47.6 Å². The number of nitrogens with zero attached hydrogens (tertiary/aromatic N) is 3. The SMILES string of the molecule is Cc1ccccc1-c1noc(=O)n1CC(=O)NCCN1C(=O)S/C(=C\c2ccccc2F)C1=O. The van der Waals surface area contributed by atoms with Crippen LogP contribution in [0.4, 0.5) is 9.18 Å². The maximum Gasteiger partial charge on any atom is 0.442 e. The highest BCUT2D eigenvalue weighted by Gasteiger charge is 2.34. The number of carbonyl (C=O) groups excluding carboxylic acids is 3. The molecule has 9 nitrogen and oxygen atoms in total. The van der Waals surface area contributed by atoms with Gasteiger partial charge in [0.1, 0.15) is 12.4 Å². The van der Waals surface area contributed by atoms with Crippen LogP contribution in [-0.4, -0.2) is 44.8 Å². The van der Waals surface area contributed by atoms with E-state index >= 15 is 0 Å². The second kappa shape index (κ2) is 9.87. The molecule has 0 bridgehead atoms. The van der Waals surface area contributed by atoms with Crippen LogP contribution >= 0.6 is 11.8 Å². The number of benzene rings is 2. The zero-order valence-corrected chi connectivity index (χ0v) is 18.8. The summed E-state index contributed by atoms with van der Waals surface area (Å²) in [6.07, 6.45) is 1.32. The molecule has 0 aliphatic carbocycles. The molecule has 2 heterocycles. The number of hydrogen-bond acceptors (Lipinski definition) is 7. The monoisotopic (exact) mass is 482 g/mol. The van der Waals surface area contributed by atoms with Crippen molar-refractivity contribution in [3.8, 4) is 11.4 Å². The lowest BCUT2D eigenvalue weighted by atomic mass is 10.1. The number of aromatic nitrogens is 2. The summed E-state index contributed by atoms with van der Waals surface area (Å²) in [5.74, 6) is -2.14. The summed E-state index contributed by atoms with van der Waals surface area (Å²) in [7, 11) is 0. The van der Waals surface area contributed by atoms with Crippen LogP contribution in [0.1, 0.15) is 11.1 Å². The van der Waals surface area contributed by atoms with Crippen LogP contribution < -0.4 is 11.1 Å². The molecule has 2 aromatic carbocycles. The molecule has 4 rings (SSSR count). The third kappa shape index (κ3) is 4.84. The predicted molar refractivity (Wildman–Crippen MR) is 123 cm³/mol. The highest BCUT2D eigenvalue weighted by molar-refractivity contribution is 8.18. The Balaban J connectivity index is 1.37. The molecular formula is C23H19FN4O5S. The van der Waals surface area contributed by atoms with E-state index in [0.29, 0.717) is 17.3 Å². The Bertz CT molecular complexity index is 1360. The number of carbonyl (C=O) groups is 3. The molecule has 1 saturated heterocycles. The molecule has 0 spiro atoms. The number of thioether (sulfide) groups is 1. The molecular weight excluding hydrogens is 463 g/mol.